The Labute approximate surface area is 260 Å². The first-order chi connectivity index (χ1) is 21.7. The molecule has 3 aliphatic rings. The molecule has 1 aromatic heterocycles. The zero-order chi connectivity index (χ0) is 32.9. The summed E-state index contributed by atoms with van der Waals surface area (Å²) in [6.45, 7) is -0.394. The van der Waals surface area contributed by atoms with Gasteiger partial charge in [0.1, 0.15) is 5.82 Å². The van der Waals surface area contributed by atoms with Crippen molar-refractivity contribution < 1.29 is 36.2 Å². The topological polar surface area (TPSA) is 89.5 Å². The Morgan fingerprint density at radius 3 is 2.46 bits per heavy atom. The fourth-order valence-corrected chi connectivity index (χ4v) is 6.41. The molecule has 3 aromatic rings. The van der Waals surface area contributed by atoms with Crippen molar-refractivity contribution in [3.8, 4) is 0 Å². The Morgan fingerprint density at radius 2 is 1.78 bits per heavy atom. The lowest BCUT2D eigenvalue weighted by Gasteiger charge is -2.27. The number of hydrogen-bond acceptors (Lipinski definition) is 5. The van der Waals surface area contributed by atoms with Gasteiger partial charge in [0, 0.05) is 19.6 Å². The fraction of sp³-hybridized carbons (Fsp3) is 0.424. The number of amides is 1. The van der Waals surface area contributed by atoms with Crippen LogP contribution in [0.15, 0.2) is 59.4 Å². The number of aromatic nitrogens is 2. The first kappa shape index (κ1) is 32.0. The highest BCUT2D eigenvalue weighted by Gasteiger charge is 2.49. The maximum atomic E-state index is 13.4. The van der Waals surface area contributed by atoms with Crippen molar-refractivity contribution in [2.45, 2.75) is 62.5 Å². The van der Waals surface area contributed by atoms with Crippen molar-refractivity contribution in [1.82, 2.24) is 19.8 Å². The lowest BCUT2D eigenvalue weighted by Crippen LogP contribution is -2.37. The van der Waals surface area contributed by atoms with Crippen LogP contribution >= 0.6 is 0 Å². The Kier molecular flexibility index (Phi) is 8.34. The van der Waals surface area contributed by atoms with E-state index in [-0.39, 0.29) is 30.8 Å². The SMILES string of the molecule is O=C([C@H](O)c1cccc(C(F)(F)F)c1)N1CCCc2nc(C3(c4cccc(C5=CCN(CC(F)(F)F)CC5)c4)CC3)[nH]c(=O)c2C1. The molecular weight excluding hydrogens is 614 g/mol. The van der Waals surface area contributed by atoms with E-state index in [1.54, 1.807) is 0 Å². The van der Waals surface area contributed by atoms with Gasteiger partial charge >= 0.3 is 12.4 Å². The monoisotopic (exact) mass is 646 g/mol. The van der Waals surface area contributed by atoms with Crippen LogP contribution in [-0.2, 0) is 29.4 Å². The Hall–Kier alpha value is -3.97. The highest BCUT2D eigenvalue weighted by atomic mass is 19.4. The van der Waals surface area contributed by atoms with E-state index in [9.17, 15) is 41.0 Å². The van der Waals surface area contributed by atoms with Crippen molar-refractivity contribution in [2.24, 2.45) is 0 Å². The number of halogens is 6. The van der Waals surface area contributed by atoms with Gasteiger partial charge in [-0.2, -0.15) is 26.3 Å². The predicted molar refractivity (Wildman–Crippen MR) is 157 cm³/mol. The number of carbonyl (C=O) groups excluding carboxylic acids is 1. The summed E-state index contributed by atoms with van der Waals surface area (Å²) in [5.74, 6) is -0.296. The zero-order valence-electron chi connectivity index (χ0n) is 24.7. The number of aliphatic hydroxyl groups excluding tert-OH is 1. The first-order valence-corrected chi connectivity index (χ1v) is 15.1. The van der Waals surface area contributed by atoms with Crippen molar-refractivity contribution in [3.63, 3.8) is 0 Å². The van der Waals surface area contributed by atoms with Crippen LogP contribution in [0.3, 0.4) is 0 Å². The number of H-pyrrole nitrogens is 1. The van der Waals surface area contributed by atoms with E-state index < -0.39 is 47.4 Å². The minimum Gasteiger partial charge on any atom is -0.378 e. The van der Waals surface area contributed by atoms with Gasteiger partial charge in [0.25, 0.3) is 11.5 Å². The molecule has 7 nitrogen and oxygen atoms in total. The quantitative estimate of drug-likeness (QED) is 0.344. The van der Waals surface area contributed by atoms with E-state index >= 15 is 0 Å². The number of aromatic amines is 1. The molecule has 0 saturated heterocycles. The molecule has 2 aliphatic heterocycles. The second-order valence-corrected chi connectivity index (χ2v) is 12.2. The van der Waals surface area contributed by atoms with Crippen LogP contribution in [0.5, 0.6) is 0 Å². The number of rotatable bonds is 6. The predicted octanol–water partition coefficient (Wildman–Crippen LogP) is 5.53. The largest absolute Gasteiger partial charge is 0.416 e. The molecule has 13 heteroatoms. The molecule has 6 rings (SSSR count). The number of alkyl halides is 6. The summed E-state index contributed by atoms with van der Waals surface area (Å²) in [7, 11) is 0. The van der Waals surface area contributed by atoms with Crippen LogP contribution in [0.25, 0.3) is 5.57 Å². The standard InChI is InChI=1S/C33H32F6N4O3/c34-32(35,36)19-42-14-9-20(10-15-42)21-4-1-6-23(16-21)31(11-12-31)30-40-26-8-3-13-43(18-25(26)28(45)41-30)29(46)27(44)22-5-2-7-24(17-22)33(37,38)39/h1-2,4-7,9,16-17,27,44H,3,8,10-15,18-19H2,(H,40,41,45)/t27-/m1/s1. The Bertz CT molecular complexity index is 1730. The van der Waals surface area contributed by atoms with Crippen LogP contribution < -0.4 is 5.56 Å². The summed E-state index contributed by atoms with van der Waals surface area (Å²) < 4.78 is 78.0. The van der Waals surface area contributed by atoms with E-state index in [2.05, 4.69) is 4.98 Å². The lowest BCUT2D eigenvalue weighted by molar-refractivity contribution is -0.145. The summed E-state index contributed by atoms with van der Waals surface area (Å²) >= 11 is 0. The third-order valence-electron chi connectivity index (χ3n) is 9.05. The molecule has 1 saturated carbocycles. The summed E-state index contributed by atoms with van der Waals surface area (Å²) in [6, 6.07) is 11.8. The molecule has 0 radical (unpaired) electrons. The average molecular weight is 647 g/mol. The van der Waals surface area contributed by atoms with Gasteiger partial charge in [0.15, 0.2) is 6.10 Å². The molecule has 1 fully saturated rings. The van der Waals surface area contributed by atoms with Crippen LogP contribution in [0, 0.1) is 0 Å². The second-order valence-electron chi connectivity index (χ2n) is 12.2. The van der Waals surface area contributed by atoms with Gasteiger partial charge in [0.2, 0.25) is 0 Å². The minimum atomic E-state index is -4.63. The Morgan fingerprint density at radius 1 is 1.02 bits per heavy atom. The molecule has 0 unspecified atom stereocenters. The number of fused-ring (bicyclic) bond motifs is 1. The van der Waals surface area contributed by atoms with Gasteiger partial charge in [-0.25, -0.2) is 4.98 Å². The Balaban J connectivity index is 1.21. The number of aryl methyl sites for hydroxylation is 1. The van der Waals surface area contributed by atoms with E-state index in [0.29, 0.717) is 37.3 Å². The summed E-state index contributed by atoms with van der Waals surface area (Å²) in [4.78, 5) is 37.0. The normalized spacial score (nSPS) is 19.2. The molecule has 1 amide bonds. The van der Waals surface area contributed by atoms with Gasteiger partial charge < -0.3 is 15.0 Å². The zero-order valence-corrected chi connectivity index (χ0v) is 24.7. The van der Waals surface area contributed by atoms with Crippen molar-refractivity contribution in [2.75, 3.05) is 26.2 Å². The molecule has 2 aromatic carbocycles. The molecule has 244 valence electrons. The van der Waals surface area contributed by atoms with Gasteiger partial charge in [-0.15, -0.1) is 0 Å². The second kappa shape index (κ2) is 12.0. The van der Waals surface area contributed by atoms with Crippen molar-refractivity contribution in [3.05, 3.63) is 104 Å². The fourth-order valence-electron chi connectivity index (χ4n) is 6.41. The molecule has 0 bridgehead atoms. The number of aliphatic hydroxyl groups is 1. The van der Waals surface area contributed by atoms with Crippen molar-refractivity contribution in [1.29, 1.82) is 0 Å². The van der Waals surface area contributed by atoms with Crippen LogP contribution in [-0.4, -0.2) is 63.1 Å². The molecule has 1 aliphatic carbocycles. The molecule has 2 N–H and O–H groups in total. The summed E-state index contributed by atoms with van der Waals surface area (Å²) in [6.07, 6.45) is -6.09. The number of carbonyl (C=O) groups is 1. The third kappa shape index (κ3) is 6.61. The van der Waals surface area contributed by atoms with Gasteiger partial charge in [0.05, 0.1) is 35.3 Å². The minimum absolute atomic E-state index is 0.144. The van der Waals surface area contributed by atoms with E-state index in [1.165, 1.54) is 15.9 Å². The molecule has 0 spiro atoms. The van der Waals surface area contributed by atoms with Crippen LogP contribution in [0.4, 0.5) is 26.3 Å². The van der Waals surface area contributed by atoms with E-state index in [4.69, 9.17) is 4.98 Å². The lowest BCUT2D eigenvalue weighted by atomic mass is 9.90. The molecule has 46 heavy (non-hydrogen) atoms. The molecular formula is C33H32F6N4O3. The van der Waals surface area contributed by atoms with Gasteiger partial charge in [-0.1, -0.05) is 42.5 Å². The van der Waals surface area contributed by atoms with Gasteiger partial charge in [-0.05, 0) is 66.5 Å². The maximum absolute atomic E-state index is 13.4. The third-order valence-corrected chi connectivity index (χ3v) is 9.05. The van der Waals surface area contributed by atoms with Crippen molar-refractivity contribution >= 4 is 11.5 Å². The number of benzene rings is 2. The smallest absolute Gasteiger partial charge is 0.378 e. The van der Waals surface area contributed by atoms with Gasteiger partial charge in [-0.3, -0.25) is 14.5 Å². The summed E-state index contributed by atoms with van der Waals surface area (Å²) in [5.41, 5.74) is 1.52. The number of hydrogen-bond donors (Lipinski definition) is 2. The van der Waals surface area contributed by atoms with E-state index in [1.807, 2.05) is 30.3 Å². The average Bonchev–Trinajstić information content (AvgIpc) is 3.84. The molecule has 1 atom stereocenters. The summed E-state index contributed by atoms with van der Waals surface area (Å²) in [5, 5.41) is 10.7. The van der Waals surface area contributed by atoms with Crippen LogP contribution in [0.2, 0.25) is 0 Å². The van der Waals surface area contributed by atoms with E-state index in [0.717, 1.165) is 47.7 Å². The number of nitrogens with one attached hydrogen (secondary N) is 1. The van der Waals surface area contributed by atoms with Crippen LogP contribution in [0.1, 0.15) is 71.1 Å². The highest BCUT2D eigenvalue weighted by Crippen LogP contribution is 2.52. The molecule has 3 heterocycles. The maximum Gasteiger partial charge on any atom is 0.416 e. The first-order valence-electron chi connectivity index (χ1n) is 15.1. The highest BCUT2D eigenvalue weighted by molar-refractivity contribution is 5.82. The number of nitrogens with zero attached hydrogens (tertiary/aromatic N) is 3.